The van der Waals surface area contributed by atoms with Gasteiger partial charge in [0.15, 0.2) is 11.6 Å². The van der Waals surface area contributed by atoms with Crippen molar-refractivity contribution in [3.8, 4) is 11.5 Å². The minimum absolute atomic E-state index is 0.0412. The highest BCUT2D eigenvalue weighted by Crippen LogP contribution is 2.40. The number of hydrogen-bond donors (Lipinski definition) is 1. The van der Waals surface area contributed by atoms with E-state index in [0.717, 1.165) is 25.7 Å². The Morgan fingerprint density at radius 3 is 2.57 bits per heavy atom. The molecule has 0 aromatic heterocycles. The van der Waals surface area contributed by atoms with Gasteiger partial charge in [0.1, 0.15) is 11.5 Å². The van der Waals surface area contributed by atoms with Gasteiger partial charge in [-0.25, -0.2) is 4.39 Å². The van der Waals surface area contributed by atoms with Crippen molar-refractivity contribution in [2.24, 2.45) is 0 Å². The van der Waals surface area contributed by atoms with Gasteiger partial charge in [0, 0.05) is 31.7 Å². The molecule has 2 aromatic carbocycles. The van der Waals surface area contributed by atoms with Gasteiger partial charge in [-0.05, 0) is 56.2 Å². The lowest BCUT2D eigenvalue weighted by Gasteiger charge is -2.29. The predicted octanol–water partition coefficient (Wildman–Crippen LogP) is 3.77. The Morgan fingerprint density at radius 1 is 1.14 bits per heavy atom. The summed E-state index contributed by atoms with van der Waals surface area (Å²) in [5, 5.41) is 11.2. The van der Waals surface area contributed by atoms with Crippen molar-refractivity contribution in [1.82, 2.24) is 9.80 Å². The zero-order chi connectivity index (χ0) is 26.5. The summed E-state index contributed by atoms with van der Waals surface area (Å²) < 4.78 is 30.9. The first-order chi connectivity index (χ1) is 17.8. The number of carbonyl (C=O) groups excluding carboxylic acids is 2. The summed E-state index contributed by atoms with van der Waals surface area (Å²) in [7, 11) is 1.53. The number of ether oxygens (including phenoxy) is 3. The van der Waals surface area contributed by atoms with Crippen LogP contribution in [0.15, 0.2) is 48.0 Å². The third-order valence-electron chi connectivity index (χ3n) is 6.49. The summed E-state index contributed by atoms with van der Waals surface area (Å²) >= 11 is 0. The van der Waals surface area contributed by atoms with Crippen LogP contribution in [0.4, 0.5) is 4.39 Å². The molecule has 2 aliphatic rings. The van der Waals surface area contributed by atoms with Crippen LogP contribution in [-0.4, -0.2) is 79.2 Å². The summed E-state index contributed by atoms with van der Waals surface area (Å²) in [6.45, 7) is 7.61. The van der Waals surface area contributed by atoms with Crippen molar-refractivity contribution in [2.75, 3.05) is 46.5 Å². The fourth-order valence-corrected chi connectivity index (χ4v) is 4.71. The number of halogens is 1. The number of ketones is 1. The molecule has 2 heterocycles. The zero-order valence-corrected chi connectivity index (χ0v) is 21.4. The highest BCUT2D eigenvalue weighted by molar-refractivity contribution is 6.46. The first kappa shape index (κ1) is 26.6. The number of nitrogens with zero attached hydrogens (tertiary/aromatic N) is 2. The number of aliphatic hydroxyl groups excluding tert-OH is 1. The van der Waals surface area contributed by atoms with Crippen LogP contribution in [0.2, 0.25) is 0 Å². The van der Waals surface area contributed by atoms with Crippen molar-refractivity contribution in [1.29, 1.82) is 0 Å². The minimum atomic E-state index is -0.838. The van der Waals surface area contributed by atoms with Crippen LogP contribution in [0.25, 0.3) is 5.76 Å². The molecule has 1 atom stereocenters. The van der Waals surface area contributed by atoms with E-state index in [1.165, 1.54) is 24.1 Å². The molecule has 0 saturated carbocycles. The molecule has 1 amide bonds. The van der Waals surface area contributed by atoms with E-state index in [2.05, 4.69) is 4.90 Å². The monoisotopic (exact) mass is 512 g/mol. The van der Waals surface area contributed by atoms with E-state index < -0.39 is 29.3 Å². The number of Topliss-reactive ketones (excluding diaryl/α,β-unsaturated/α-hetero) is 1. The van der Waals surface area contributed by atoms with E-state index in [9.17, 15) is 19.1 Å². The Bertz CT molecular complexity index is 1180. The Balaban J connectivity index is 1.69. The zero-order valence-electron chi connectivity index (χ0n) is 21.4. The van der Waals surface area contributed by atoms with E-state index in [1.54, 1.807) is 38.1 Å². The van der Waals surface area contributed by atoms with Crippen LogP contribution in [0, 0.1) is 5.82 Å². The van der Waals surface area contributed by atoms with Gasteiger partial charge in [0.2, 0.25) is 0 Å². The number of benzene rings is 2. The van der Waals surface area contributed by atoms with Gasteiger partial charge >= 0.3 is 0 Å². The van der Waals surface area contributed by atoms with Crippen LogP contribution < -0.4 is 9.47 Å². The lowest BCUT2D eigenvalue weighted by atomic mass is 9.95. The third kappa shape index (κ3) is 5.94. The average molecular weight is 513 g/mol. The molecule has 198 valence electrons. The van der Waals surface area contributed by atoms with Crippen LogP contribution in [0.5, 0.6) is 11.5 Å². The number of likely N-dealkylation sites (tertiary alicyclic amines) is 1. The van der Waals surface area contributed by atoms with Gasteiger partial charge in [-0.15, -0.1) is 0 Å². The fourth-order valence-electron chi connectivity index (χ4n) is 4.71. The first-order valence-corrected chi connectivity index (χ1v) is 12.5. The molecular formula is C28H33FN2O6. The van der Waals surface area contributed by atoms with Gasteiger partial charge in [-0.3, -0.25) is 14.5 Å². The van der Waals surface area contributed by atoms with Gasteiger partial charge < -0.3 is 24.2 Å². The summed E-state index contributed by atoms with van der Waals surface area (Å²) in [6.07, 6.45) is 0.411. The van der Waals surface area contributed by atoms with E-state index in [-0.39, 0.29) is 23.0 Å². The first-order valence-electron chi connectivity index (χ1n) is 12.5. The lowest BCUT2D eigenvalue weighted by molar-refractivity contribution is -0.140. The quantitative estimate of drug-likeness (QED) is 0.311. The van der Waals surface area contributed by atoms with Crippen molar-refractivity contribution < 1.29 is 33.3 Å². The number of rotatable bonds is 9. The summed E-state index contributed by atoms with van der Waals surface area (Å²) in [6, 6.07) is 10.2. The maximum absolute atomic E-state index is 14.7. The standard InChI is InChI=1S/C28H33FN2O6/c1-18(2)37-23-9-8-20(17-22(23)29)26(32)24-25(19-6-4-7-21(16-19)35-3)31(28(34)27(24)33)11-5-10-30-12-14-36-15-13-30/h4,6-9,16-18,25,32H,5,10-15H2,1-3H3/t25-/m1/s1. The van der Waals surface area contributed by atoms with Gasteiger partial charge in [0.25, 0.3) is 11.7 Å². The maximum atomic E-state index is 14.7. The molecule has 8 nitrogen and oxygen atoms in total. The molecule has 1 N–H and O–H groups in total. The number of aliphatic hydroxyl groups is 1. The Kier molecular flexibility index (Phi) is 8.45. The SMILES string of the molecule is COc1cccc([C@@H]2C(=C(O)c3ccc(OC(C)C)c(F)c3)C(=O)C(=O)N2CCCN2CCOCC2)c1. The lowest BCUT2D eigenvalue weighted by Crippen LogP contribution is -2.38. The highest BCUT2D eigenvalue weighted by atomic mass is 19.1. The van der Waals surface area contributed by atoms with Crippen molar-refractivity contribution in [3.63, 3.8) is 0 Å². The van der Waals surface area contributed by atoms with Crippen LogP contribution in [0.1, 0.15) is 37.4 Å². The van der Waals surface area contributed by atoms with E-state index in [4.69, 9.17) is 14.2 Å². The minimum Gasteiger partial charge on any atom is -0.507 e. The topological polar surface area (TPSA) is 88.5 Å². The molecule has 2 saturated heterocycles. The summed E-state index contributed by atoms with van der Waals surface area (Å²) in [5.41, 5.74) is 0.626. The molecule has 2 aromatic rings. The average Bonchev–Trinajstić information content (AvgIpc) is 3.15. The number of morpholine rings is 1. The summed E-state index contributed by atoms with van der Waals surface area (Å²) in [4.78, 5) is 30.2. The smallest absolute Gasteiger partial charge is 0.295 e. The molecule has 0 unspecified atom stereocenters. The molecule has 2 fully saturated rings. The largest absolute Gasteiger partial charge is 0.507 e. The number of amides is 1. The van der Waals surface area contributed by atoms with E-state index in [0.29, 0.717) is 37.5 Å². The third-order valence-corrected chi connectivity index (χ3v) is 6.49. The molecule has 0 spiro atoms. The van der Waals surface area contributed by atoms with Crippen LogP contribution >= 0.6 is 0 Å². The Morgan fingerprint density at radius 2 is 1.89 bits per heavy atom. The normalized spacial score (nSPS) is 20.0. The number of carbonyl (C=O) groups is 2. The van der Waals surface area contributed by atoms with Crippen LogP contribution in [-0.2, 0) is 14.3 Å². The molecule has 0 bridgehead atoms. The van der Waals surface area contributed by atoms with Crippen molar-refractivity contribution in [2.45, 2.75) is 32.4 Å². The summed E-state index contributed by atoms with van der Waals surface area (Å²) in [5.74, 6) is -2.01. The maximum Gasteiger partial charge on any atom is 0.295 e. The second kappa shape index (κ2) is 11.7. The van der Waals surface area contributed by atoms with Crippen molar-refractivity contribution in [3.05, 3.63) is 65.0 Å². The van der Waals surface area contributed by atoms with E-state index >= 15 is 0 Å². The van der Waals surface area contributed by atoms with Gasteiger partial charge in [-0.2, -0.15) is 0 Å². The molecule has 2 aliphatic heterocycles. The van der Waals surface area contributed by atoms with E-state index in [1.807, 2.05) is 0 Å². The second-order valence-electron chi connectivity index (χ2n) is 9.39. The molecular weight excluding hydrogens is 479 g/mol. The number of methoxy groups -OCH3 is 1. The number of hydrogen-bond acceptors (Lipinski definition) is 7. The fraction of sp³-hybridized carbons (Fsp3) is 0.429. The van der Waals surface area contributed by atoms with Gasteiger partial charge in [-0.1, -0.05) is 12.1 Å². The molecule has 0 aliphatic carbocycles. The molecule has 0 radical (unpaired) electrons. The highest BCUT2D eigenvalue weighted by Gasteiger charge is 2.46. The molecule has 9 heteroatoms. The van der Waals surface area contributed by atoms with Crippen molar-refractivity contribution >= 4 is 17.4 Å². The molecule has 4 rings (SSSR count). The predicted molar refractivity (Wildman–Crippen MR) is 136 cm³/mol. The Labute approximate surface area is 216 Å². The molecule has 37 heavy (non-hydrogen) atoms. The van der Waals surface area contributed by atoms with Crippen LogP contribution in [0.3, 0.4) is 0 Å². The Hall–Kier alpha value is -3.43. The van der Waals surface area contributed by atoms with Gasteiger partial charge in [0.05, 0.1) is 38.0 Å². The second-order valence-corrected chi connectivity index (χ2v) is 9.39.